The number of nitrogens with one attached hydrogen (secondary N) is 1. The van der Waals surface area contributed by atoms with Crippen LogP contribution in [0.3, 0.4) is 0 Å². The lowest BCUT2D eigenvalue weighted by molar-refractivity contribution is 0.389. The van der Waals surface area contributed by atoms with Gasteiger partial charge in [-0.1, -0.05) is 27.7 Å². The van der Waals surface area contributed by atoms with Gasteiger partial charge in [0.1, 0.15) is 6.33 Å². The fourth-order valence-electron chi connectivity index (χ4n) is 1.33. The van der Waals surface area contributed by atoms with Crippen LogP contribution >= 0.6 is 0 Å². The fraction of sp³-hybridized carbons (Fsp3) is 0.667. The predicted octanol–water partition coefficient (Wildman–Crippen LogP) is 3.03. The van der Waals surface area contributed by atoms with E-state index in [-0.39, 0.29) is 11.2 Å². The molecule has 1 rings (SSSR count). The molecule has 0 spiro atoms. The first-order valence-electron chi connectivity index (χ1n) is 5.67. The lowest BCUT2D eigenvalue weighted by Crippen LogP contribution is -2.14. The predicted molar refractivity (Wildman–Crippen MR) is 63.9 cm³/mol. The minimum absolute atomic E-state index is 0.240. The van der Waals surface area contributed by atoms with Crippen LogP contribution in [0.4, 0.5) is 10.2 Å². The number of nitrogens with zero attached hydrogens (tertiary/aromatic N) is 2. The van der Waals surface area contributed by atoms with Gasteiger partial charge in [0, 0.05) is 6.54 Å². The number of hydrogen-bond donors (Lipinski definition) is 1. The molecule has 1 heterocycles. The summed E-state index contributed by atoms with van der Waals surface area (Å²) in [5.74, 6) is -0.00462. The molecule has 16 heavy (non-hydrogen) atoms. The zero-order valence-electron chi connectivity index (χ0n) is 10.5. The zero-order valence-corrected chi connectivity index (χ0v) is 10.5. The summed E-state index contributed by atoms with van der Waals surface area (Å²) < 4.78 is 13.7. The van der Waals surface area contributed by atoms with Crippen molar-refractivity contribution in [2.24, 2.45) is 5.41 Å². The second kappa shape index (κ2) is 5.23. The SMILES string of the molecule is CCc1ncnc(NCCC(C)(C)C)c1F. The van der Waals surface area contributed by atoms with Gasteiger partial charge in [0.05, 0.1) is 5.69 Å². The van der Waals surface area contributed by atoms with Crippen LogP contribution in [0, 0.1) is 11.2 Å². The minimum atomic E-state index is -0.320. The van der Waals surface area contributed by atoms with Crippen LogP contribution in [-0.2, 0) is 6.42 Å². The normalized spacial score (nSPS) is 11.6. The summed E-state index contributed by atoms with van der Waals surface area (Å²) in [5, 5.41) is 3.02. The average molecular weight is 225 g/mol. The zero-order chi connectivity index (χ0) is 12.2. The second-order valence-corrected chi connectivity index (χ2v) is 5.07. The van der Waals surface area contributed by atoms with Crippen molar-refractivity contribution in [2.75, 3.05) is 11.9 Å². The Morgan fingerprint density at radius 2 is 2.00 bits per heavy atom. The molecule has 1 aromatic rings. The molecule has 1 aromatic heterocycles. The second-order valence-electron chi connectivity index (χ2n) is 5.07. The molecule has 0 aliphatic carbocycles. The van der Waals surface area contributed by atoms with Gasteiger partial charge in [-0.25, -0.2) is 14.4 Å². The lowest BCUT2D eigenvalue weighted by Gasteiger charge is -2.18. The standard InChI is InChI=1S/C12H20FN3/c1-5-9-10(13)11(16-8-15-9)14-7-6-12(2,3)4/h8H,5-7H2,1-4H3,(H,14,15,16). The molecule has 0 saturated heterocycles. The van der Waals surface area contributed by atoms with Crippen molar-refractivity contribution in [1.82, 2.24) is 9.97 Å². The summed E-state index contributed by atoms with van der Waals surface area (Å²) in [6, 6.07) is 0. The molecule has 0 fully saturated rings. The Kier molecular flexibility index (Phi) is 4.21. The summed E-state index contributed by atoms with van der Waals surface area (Å²) in [6.07, 6.45) is 2.96. The number of anilines is 1. The topological polar surface area (TPSA) is 37.8 Å². The third-order valence-corrected chi connectivity index (χ3v) is 2.36. The number of hydrogen-bond acceptors (Lipinski definition) is 3. The van der Waals surface area contributed by atoms with Gasteiger partial charge < -0.3 is 5.32 Å². The largest absolute Gasteiger partial charge is 0.368 e. The third-order valence-electron chi connectivity index (χ3n) is 2.36. The van der Waals surface area contributed by atoms with E-state index in [9.17, 15) is 4.39 Å². The van der Waals surface area contributed by atoms with Crippen molar-refractivity contribution in [3.63, 3.8) is 0 Å². The summed E-state index contributed by atoms with van der Waals surface area (Å²) in [6.45, 7) is 9.07. The number of rotatable bonds is 4. The number of aromatic nitrogens is 2. The Morgan fingerprint density at radius 3 is 2.56 bits per heavy atom. The molecule has 90 valence electrons. The summed E-state index contributed by atoms with van der Waals surface area (Å²) in [4.78, 5) is 7.80. The first-order chi connectivity index (χ1) is 7.44. The van der Waals surface area contributed by atoms with Crippen molar-refractivity contribution in [3.05, 3.63) is 17.8 Å². The monoisotopic (exact) mass is 225 g/mol. The average Bonchev–Trinajstić information content (AvgIpc) is 2.19. The molecular formula is C12H20FN3. The Hall–Kier alpha value is -1.19. The van der Waals surface area contributed by atoms with E-state index in [0.717, 1.165) is 13.0 Å². The molecule has 0 amide bonds. The fourth-order valence-corrected chi connectivity index (χ4v) is 1.33. The van der Waals surface area contributed by atoms with Crippen LogP contribution < -0.4 is 5.32 Å². The Balaban J connectivity index is 2.61. The summed E-state index contributed by atoms with van der Waals surface area (Å²) in [5.41, 5.74) is 0.706. The first kappa shape index (κ1) is 12.9. The molecule has 1 N–H and O–H groups in total. The van der Waals surface area contributed by atoms with E-state index in [1.807, 2.05) is 6.92 Å². The van der Waals surface area contributed by atoms with E-state index in [1.54, 1.807) is 0 Å². The van der Waals surface area contributed by atoms with Gasteiger partial charge in [-0.05, 0) is 18.3 Å². The van der Waals surface area contributed by atoms with Crippen LogP contribution in [-0.4, -0.2) is 16.5 Å². The molecule has 0 aliphatic heterocycles. The smallest absolute Gasteiger partial charge is 0.186 e. The van der Waals surface area contributed by atoms with Gasteiger partial charge in [-0.3, -0.25) is 0 Å². The highest BCUT2D eigenvalue weighted by molar-refractivity contribution is 5.37. The molecule has 0 unspecified atom stereocenters. The van der Waals surface area contributed by atoms with Crippen molar-refractivity contribution in [3.8, 4) is 0 Å². The van der Waals surface area contributed by atoms with Gasteiger partial charge in [-0.15, -0.1) is 0 Å². The molecule has 0 atom stereocenters. The van der Waals surface area contributed by atoms with Crippen LogP contribution in [0.5, 0.6) is 0 Å². The van der Waals surface area contributed by atoms with Crippen molar-refractivity contribution in [2.45, 2.75) is 40.5 Å². The van der Waals surface area contributed by atoms with E-state index in [2.05, 4.69) is 36.1 Å². The van der Waals surface area contributed by atoms with Gasteiger partial charge in [0.15, 0.2) is 11.6 Å². The van der Waals surface area contributed by atoms with Crippen molar-refractivity contribution >= 4 is 5.82 Å². The molecule has 0 saturated carbocycles. The van der Waals surface area contributed by atoms with E-state index in [0.29, 0.717) is 17.9 Å². The quantitative estimate of drug-likeness (QED) is 0.856. The minimum Gasteiger partial charge on any atom is -0.368 e. The lowest BCUT2D eigenvalue weighted by atomic mass is 9.92. The van der Waals surface area contributed by atoms with E-state index >= 15 is 0 Å². The maximum absolute atomic E-state index is 13.7. The Bertz CT molecular complexity index is 345. The molecule has 3 nitrogen and oxygen atoms in total. The maximum Gasteiger partial charge on any atom is 0.186 e. The first-order valence-corrected chi connectivity index (χ1v) is 5.67. The third kappa shape index (κ3) is 3.76. The Morgan fingerprint density at radius 1 is 1.31 bits per heavy atom. The molecule has 4 heteroatoms. The maximum atomic E-state index is 13.7. The van der Waals surface area contributed by atoms with Crippen LogP contribution in [0.15, 0.2) is 6.33 Å². The molecular weight excluding hydrogens is 205 g/mol. The molecule has 0 aromatic carbocycles. The van der Waals surface area contributed by atoms with Gasteiger partial charge in [-0.2, -0.15) is 0 Å². The van der Waals surface area contributed by atoms with Gasteiger partial charge >= 0.3 is 0 Å². The molecule has 0 aliphatic rings. The van der Waals surface area contributed by atoms with E-state index in [4.69, 9.17) is 0 Å². The summed E-state index contributed by atoms with van der Waals surface area (Å²) >= 11 is 0. The molecule has 0 radical (unpaired) electrons. The highest BCUT2D eigenvalue weighted by Gasteiger charge is 2.12. The van der Waals surface area contributed by atoms with Crippen molar-refractivity contribution < 1.29 is 4.39 Å². The van der Waals surface area contributed by atoms with Crippen LogP contribution in [0.2, 0.25) is 0 Å². The highest BCUT2D eigenvalue weighted by atomic mass is 19.1. The van der Waals surface area contributed by atoms with Crippen molar-refractivity contribution in [1.29, 1.82) is 0 Å². The number of halogens is 1. The summed E-state index contributed by atoms with van der Waals surface area (Å²) in [7, 11) is 0. The molecule has 0 bridgehead atoms. The van der Waals surface area contributed by atoms with E-state index in [1.165, 1.54) is 6.33 Å². The van der Waals surface area contributed by atoms with Crippen LogP contribution in [0.1, 0.15) is 39.8 Å². The van der Waals surface area contributed by atoms with Gasteiger partial charge in [0.25, 0.3) is 0 Å². The number of aryl methyl sites for hydroxylation is 1. The van der Waals surface area contributed by atoms with E-state index < -0.39 is 0 Å². The van der Waals surface area contributed by atoms with Gasteiger partial charge in [0.2, 0.25) is 0 Å². The highest BCUT2D eigenvalue weighted by Crippen LogP contribution is 2.19. The van der Waals surface area contributed by atoms with Crippen LogP contribution in [0.25, 0.3) is 0 Å². The Labute approximate surface area is 96.5 Å².